The van der Waals surface area contributed by atoms with E-state index in [1.807, 2.05) is 24.4 Å². The van der Waals surface area contributed by atoms with E-state index in [0.717, 1.165) is 6.42 Å². The number of carbonyl (C=O) groups is 2. The zero-order valence-electron chi connectivity index (χ0n) is 11.4. The number of hydrogen-bond donors (Lipinski definition) is 1. The number of hydrogen-bond acceptors (Lipinski definition) is 4. The number of carboxylic acids is 1. The summed E-state index contributed by atoms with van der Waals surface area (Å²) in [5.74, 6) is -0.898. The maximum atomic E-state index is 12.4. The summed E-state index contributed by atoms with van der Waals surface area (Å²) in [5.41, 5.74) is 0. The van der Waals surface area contributed by atoms with E-state index >= 15 is 0 Å². The molecule has 0 radical (unpaired) electrons. The second-order valence-electron chi connectivity index (χ2n) is 5.06. The molecule has 2 atom stereocenters. The van der Waals surface area contributed by atoms with E-state index < -0.39 is 5.97 Å². The summed E-state index contributed by atoms with van der Waals surface area (Å²) in [7, 11) is 0. The van der Waals surface area contributed by atoms with E-state index in [1.165, 1.54) is 4.88 Å². The lowest BCUT2D eigenvalue weighted by Crippen LogP contribution is -2.48. The maximum Gasteiger partial charge on any atom is 0.306 e. The molecule has 6 heteroatoms. The summed E-state index contributed by atoms with van der Waals surface area (Å²) in [4.78, 5) is 26.0. The molecule has 0 saturated carbocycles. The Hall–Kier alpha value is -1.40. The van der Waals surface area contributed by atoms with Crippen LogP contribution in [0.2, 0.25) is 0 Å². The van der Waals surface area contributed by atoms with Crippen LogP contribution in [-0.2, 0) is 20.7 Å². The highest BCUT2D eigenvalue weighted by atomic mass is 32.1. The molecule has 0 aromatic carbocycles. The Morgan fingerprint density at radius 2 is 2.40 bits per heavy atom. The average Bonchev–Trinajstić information content (AvgIpc) is 2.90. The van der Waals surface area contributed by atoms with Gasteiger partial charge in [0.1, 0.15) is 0 Å². The summed E-state index contributed by atoms with van der Waals surface area (Å²) in [5, 5.41) is 10.8. The van der Waals surface area contributed by atoms with Crippen molar-refractivity contribution < 1.29 is 19.4 Å². The van der Waals surface area contributed by atoms with Gasteiger partial charge in [-0.2, -0.15) is 0 Å². The van der Waals surface area contributed by atoms with Crippen molar-refractivity contribution in [3.05, 3.63) is 22.4 Å². The van der Waals surface area contributed by atoms with E-state index in [4.69, 9.17) is 9.84 Å². The first-order chi connectivity index (χ1) is 9.56. The van der Waals surface area contributed by atoms with Crippen LogP contribution in [-0.4, -0.2) is 47.7 Å². The summed E-state index contributed by atoms with van der Waals surface area (Å²) < 4.78 is 5.38. The Kier molecular flexibility index (Phi) is 5.14. The number of carboxylic acid groups (broad SMARTS) is 1. The van der Waals surface area contributed by atoms with Crippen LogP contribution in [0.3, 0.4) is 0 Å². The third-order valence-corrected chi connectivity index (χ3v) is 4.26. The normalized spacial score (nSPS) is 20.6. The Balaban J connectivity index is 1.89. The van der Waals surface area contributed by atoms with Crippen molar-refractivity contribution in [1.82, 2.24) is 4.90 Å². The van der Waals surface area contributed by atoms with Gasteiger partial charge in [0.25, 0.3) is 0 Å². The molecule has 1 saturated heterocycles. The van der Waals surface area contributed by atoms with E-state index in [0.29, 0.717) is 19.7 Å². The minimum Gasteiger partial charge on any atom is -0.481 e. The second-order valence-corrected chi connectivity index (χ2v) is 6.09. The number of carbonyl (C=O) groups excluding carboxylic acids is 1. The largest absolute Gasteiger partial charge is 0.481 e. The fourth-order valence-electron chi connectivity index (χ4n) is 2.37. The van der Waals surface area contributed by atoms with Gasteiger partial charge in [-0.15, -0.1) is 11.3 Å². The molecule has 5 nitrogen and oxygen atoms in total. The monoisotopic (exact) mass is 297 g/mol. The summed E-state index contributed by atoms with van der Waals surface area (Å²) in [6, 6.07) is 4.01. The van der Waals surface area contributed by atoms with Crippen molar-refractivity contribution >= 4 is 23.2 Å². The van der Waals surface area contributed by atoms with E-state index in [1.54, 1.807) is 16.2 Å². The fourth-order valence-corrected chi connectivity index (χ4v) is 3.20. The van der Waals surface area contributed by atoms with Gasteiger partial charge in [0.2, 0.25) is 5.91 Å². The first-order valence-electron chi connectivity index (χ1n) is 6.71. The molecule has 1 aromatic rings. The standard InChI is InChI=1S/C14H19NO4S/c1-10(7-12-3-2-6-20-12)14(18)15-4-5-19-11(9-15)8-13(16)17/h2-3,6,10-11H,4-5,7-9H2,1H3,(H,16,17)/t10-,11-/m1/s1. The van der Waals surface area contributed by atoms with Gasteiger partial charge in [-0.1, -0.05) is 13.0 Å². The van der Waals surface area contributed by atoms with Crippen molar-refractivity contribution in [1.29, 1.82) is 0 Å². The predicted octanol–water partition coefficient (Wildman–Crippen LogP) is 1.63. The van der Waals surface area contributed by atoms with Crippen molar-refractivity contribution in [2.45, 2.75) is 25.9 Å². The molecule has 1 aliphatic rings. The van der Waals surface area contributed by atoms with Gasteiger partial charge in [-0.25, -0.2) is 0 Å². The van der Waals surface area contributed by atoms with Crippen LogP contribution in [0.1, 0.15) is 18.2 Å². The summed E-state index contributed by atoms with van der Waals surface area (Å²) in [6.45, 7) is 3.25. The van der Waals surface area contributed by atoms with Crippen molar-refractivity contribution in [3.8, 4) is 0 Å². The first kappa shape index (κ1) is 15.0. The second kappa shape index (κ2) is 6.85. The van der Waals surface area contributed by atoms with Gasteiger partial charge < -0.3 is 14.7 Å². The van der Waals surface area contributed by atoms with Crippen LogP contribution in [0.15, 0.2) is 17.5 Å². The SMILES string of the molecule is C[C@H](Cc1cccs1)C(=O)N1CCO[C@H](CC(=O)O)C1. The van der Waals surface area contributed by atoms with Crippen LogP contribution in [0.5, 0.6) is 0 Å². The van der Waals surface area contributed by atoms with E-state index in [-0.39, 0.29) is 24.3 Å². The molecule has 0 bridgehead atoms. The molecule has 110 valence electrons. The molecular formula is C14H19NO4S. The molecule has 1 N–H and O–H groups in total. The number of amides is 1. The number of morpholine rings is 1. The number of rotatable bonds is 5. The minimum absolute atomic E-state index is 0.0525. The third kappa shape index (κ3) is 4.05. The molecule has 1 fully saturated rings. The van der Waals surface area contributed by atoms with Gasteiger partial charge in [-0.05, 0) is 17.9 Å². The lowest BCUT2D eigenvalue weighted by Gasteiger charge is -2.33. The Labute approximate surface area is 122 Å². The average molecular weight is 297 g/mol. The molecule has 2 rings (SSSR count). The van der Waals surface area contributed by atoms with Crippen LogP contribution < -0.4 is 0 Å². The summed E-state index contributed by atoms with van der Waals surface area (Å²) >= 11 is 1.65. The highest BCUT2D eigenvalue weighted by Gasteiger charge is 2.28. The van der Waals surface area contributed by atoms with E-state index in [2.05, 4.69) is 0 Å². The molecule has 0 spiro atoms. The fraction of sp³-hybridized carbons (Fsp3) is 0.571. The van der Waals surface area contributed by atoms with Gasteiger partial charge in [0.15, 0.2) is 0 Å². The first-order valence-corrected chi connectivity index (χ1v) is 7.58. The zero-order chi connectivity index (χ0) is 14.5. The van der Waals surface area contributed by atoms with E-state index in [9.17, 15) is 9.59 Å². The van der Waals surface area contributed by atoms with Crippen molar-refractivity contribution in [2.75, 3.05) is 19.7 Å². The lowest BCUT2D eigenvalue weighted by atomic mass is 10.0. The van der Waals surface area contributed by atoms with Crippen molar-refractivity contribution in [3.63, 3.8) is 0 Å². The van der Waals surface area contributed by atoms with Crippen LogP contribution in [0.25, 0.3) is 0 Å². The molecular weight excluding hydrogens is 278 g/mol. The summed E-state index contributed by atoms with van der Waals surface area (Å²) in [6.07, 6.45) is 0.291. The van der Waals surface area contributed by atoms with Gasteiger partial charge in [0.05, 0.1) is 19.1 Å². The molecule has 1 aromatic heterocycles. The predicted molar refractivity (Wildman–Crippen MR) is 75.8 cm³/mol. The number of nitrogens with zero attached hydrogens (tertiary/aromatic N) is 1. The van der Waals surface area contributed by atoms with Crippen LogP contribution in [0.4, 0.5) is 0 Å². The third-order valence-electron chi connectivity index (χ3n) is 3.36. The Morgan fingerprint density at radius 3 is 3.05 bits per heavy atom. The minimum atomic E-state index is -0.893. The molecule has 1 aliphatic heterocycles. The highest BCUT2D eigenvalue weighted by Crippen LogP contribution is 2.18. The Bertz CT molecular complexity index is 460. The van der Waals surface area contributed by atoms with Crippen LogP contribution in [0, 0.1) is 5.92 Å². The van der Waals surface area contributed by atoms with Crippen LogP contribution >= 0.6 is 11.3 Å². The topological polar surface area (TPSA) is 66.8 Å². The van der Waals surface area contributed by atoms with Crippen molar-refractivity contribution in [2.24, 2.45) is 5.92 Å². The maximum absolute atomic E-state index is 12.4. The van der Waals surface area contributed by atoms with Gasteiger partial charge >= 0.3 is 5.97 Å². The number of ether oxygens (including phenoxy) is 1. The lowest BCUT2D eigenvalue weighted by molar-refractivity contribution is -0.149. The quantitative estimate of drug-likeness (QED) is 0.897. The van der Waals surface area contributed by atoms with Gasteiger partial charge in [0, 0.05) is 23.9 Å². The molecule has 0 unspecified atom stereocenters. The molecule has 0 aliphatic carbocycles. The zero-order valence-corrected chi connectivity index (χ0v) is 12.3. The molecule has 1 amide bonds. The number of aliphatic carboxylic acids is 1. The molecule has 2 heterocycles. The highest BCUT2D eigenvalue weighted by molar-refractivity contribution is 7.09. The number of thiophene rings is 1. The molecule has 20 heavy (non-hydrogen) atoms. The van der Waals surface area contributed by atoms with Gasteiger partial charge in [-0.3, -0.25) is 9.59 Å². The Morgan fingerprint density at radius 1 is 1.60 bits per heavy atom. The smallest absolute Gasteiger partial charge is 0.306 e.